The van der Waals surface area contributed by atoms with E-state index in [0.717, 1.165) is 19.3 Å². The molecule has 0 aliphatic heterocycles. The zero-order valence-corrected chi connectivity index (χ0v) is 9.59. The Balaban J connectivity index is 2.26. The summed E-state index contributed by atoms with van der Waals surface area (Å²) in [5, 5.41) is 22.2. The second-order valence-corrected chi connectivity index (χ2v) is 4.66. The molecule has 1 aliphatic rings. The van der Waals surface area contributed by atoms with Gasteiger partial charge in [0, 0.05) is 5.02 Å². The Labute approximate surface area is 99.7 Å². The standard InChI is InChI=1S/C12H13ClN2O/c13-10-3-2-9(7-14)11(6-10)15-12(8-16)4-1-5-12/h2-3,6,15-16H,1,4-5,8H2. The molecule has 1 aliphatic carbocycles. The maximum Gasteiger partial charge on any atom is 0.101 e. The summed E-state index contributed by atoms with van der Waals surface area (Å²) in [5.74, 6) is 0. The number of hydrogen-bond acceptors (Lipinski definition) is 3. The van der Waals surface area contributed by atoms with Crippen molar-refractivity contribution in [1.29, 1.82) is 5.26 Å². The van der Waals surface area contributed by atoms with Crippen molar-refractivity contribution in [2.75, 3.05) is 11.9 Å². The third kappa shape index (κ3) is 1.99. The molecular weight excluding hydrogens is 224 g/mol. The fraction of sp³-hybridized carbons (Fsp3) is 0.417. The highest BCUT2D eigenvalue weighted by Gasteiger charge is 2.36. The van der Waals surface area contributed by atoms with Crippen molar-refractivity contribution in [3.63, 3.8) is 0 Å². The molecule has 0 aromatic heterocycles. The van der Waals surface area contributed by atoms with Crippen molar-refractivity contribution in [3.8, 4) is 6.07 Å². The van der Waals surface area contributed by atoms with E-state index < -0.39 is 0 Å². The molecule has 1 aromatic rings. The molecule has 0 amide bonds. The van der Waals surface area contributed by atoms with E-state index in [1.165, 1.54) is 0 Å². The van der Waals surface area contributed by atoms with Crippen LogP contribution in [0.4, 0.5) is 5.69 Å². The highest BCUT2D eigenvalue weighted by Crippen LogP contribution is 2.36. The molecule has 0 bridgehead atoms. The lowest BCUT2D eigenvalue weighted by molar-refractivity contribution is 0.144. The van der Waals surface area contributed by atoms with Crippen LogP contribution in [0.25, 0.3) is 0 Å². The highest BCUT2D eigenvalue weighted by atomic mass is 35.5. The lowest BCUT2D eigenvalue weighted by atomic mass is 9.77. The number of aliphatic hydroxyl groups is 1. The number of aliphatic hydroxyl groups excluding tert-OH is 1. The summed E-state index contributed by atoms with van der Waals surface area (Å²) in [5.41, 5.74) is 1.02. The van der Waals surface area contributed by atoms with Gasteiger partial charge >= 0.3 is 0 Å². The first-order chi connectivity index (χ1) is 7.69. The normalized spacial score (nSPS) is 17.3. The molecule has 1 fully saturated rings. The van der Waals surface area contributed by atoms with Gasteiger partial charge in [0.15, 0.2) is 0 Å². The van der Waals surface area contributed by atoms with Crippen molar-refractivity contribution >= 4 is 17.3 Å². The Morgan fingerprint density at radius 1 is 1.50 bits per heavy atom. The number of hydrogen-bond donors (Lipinski definition) is 2. The molecule has 84 valence electrons. The summed E-state index contributed by atoms with van der Waals surface area (Å²) in [4.78, 5) is 0. The molecular formula is C12H13ClN2O. The number of nitrogens with one attached hydrogen (secondary N) is 1. The van der Waals surface area contributed by atoms with Crippen molar-refractivity contribution in [3.05, 3.63) is 28.8 Å². The lowest BCUT2D eigenvalue weighted by Gasteiger charge is -2.42. The van der Waals surface area contributed by atoms with Crippen LogP contribution in [-0.2, 0) is 0 Å². The Morgan fingerprint density at radius 2 is 2.25 bits per heavy atom. The van der Waals surface area contributed by atoms with Gasteiger partial charge in [-0.05, 0) is 37.5 Å². The summed E-state index contributed by atoms with van der Waals surface area (Å²) < 4.78 is 0. The third-order valence-corrected chi connectivity index (χ3v) is 3.35. The van der Waals surface area contributed by atoms with Crippen molar-refractivity contribution in [2.24, 2.45) is 0 Å². The Morgan fingerprint density at radius 3 is 2.75 bits per heavy atom. The topological polar surface area (TPSA) is 56.0 Å². The van der Waals surface area contributed by atoms with E-state index in [1.807, 2.05) is 0 Å². The minimum Gasteiger partial charge on any atom is -0.394 e. The second kappa shape index (κ2) is 4.32. The average molecular weight is 237 g/mol. The van der Waals surface area contributed by atoms with Gasteiger partial charge in [-0.25, -0.2) is 0 Å². The van der Waals surface area contributed by atoms with E-state index in [-0.39, 0.29) is 12.1 Å². The van der Waals surface area contributed by atoms with Gasteiger partial charge in [-0.3, -0.25) is 0 Å². The fourth-order valence-corrected chi connectivity index (χ4v) is 2.10. The molecule has 0 saturated heterocycles. The fourth-order valence-electron chi connectivity index (χ4n) is 1.93. The van der Waals surface area contributed by atoms with E-state index in [0.29, 0.717) is 16.3 Å². The maximum absolute atomic E-state index is 9.35. The molecule has 0 spiro atoms. The Bertz CT molecular complexity index is 430. The van der Waals surface area contributed by atoms with Crippen LogP contribution >= 0.6 is 11.6 Å². The predicted molar refractivity (Wildman–Crippen MR) is 63.5 cm³/mol. The van der Waals surface area contributed by atoms with E-state index in [1.54, 1.807) is 18.2 Å². The van der Waals surface area contributed by atoms with Crippen LogP contribution in [0.1, 0.15) is 24.8 Å². The summed E-state index contributed by atoms with van der Waals surface area (Å²) in [6.07, 6.45) is 2.97. The van der Waals surface area contributed by atoms with Crippen molar-refractivity contribution < 1.29 is 5.11 Å². The number of nitriles is 1. The molecule has 4 heteroatoms. The molecule has 1 aromatic carbocycles. The largest absolute Gasteiger partial charge is 0.394 e. The van der Waals surface area contributed by atoms with Crippen LogP contribution < -0.4 is 5.32 Å². The molecule has 0 radical (unpaired) electrons. The number of anilines is 1. The van der Waals surface area contributed by atoms with Crippen LogP contribution in [0.5, 0.6) is 0 Å². The minimum absolute atomic E-state index is 0.0877. The van der Waals surface area contributed by atoms with Crippen LogP contribution in [0.2, 0.25) is 5.02 Å². The molecule has 2 N–H and O–H groups in total. The zero-order valence-electron chi connectivity index (χ0n) is 8.83. The average Bonchev–Trinajstić information content (AvgIpc) is 2.24. The van der Waals surface area contributed by atoms with Gasteiger partial charge in [0.25, 0.3) is 0 Å². The first-order valence-corrected chi connectivity index (χ1v) is 5.66. The molecule has 3 nitrogen and oxygen atoms in total. The minimum atomic E-state index is -0.254. The van der Waals surface area contributed by atoms with Crippen LogP contribution in [0, 0.1) is 11.3 Å². The van der Waals surface area contributed by atoms with Gasteiger partial charge in [-0.15, -0.1) is 0 Å². The predicted octanol–water partition coefficient (Wildman–Crippen LogP) is 2.54. The maximum atomic E-state index is 9.35. The summed E-state index contributed by atoms with van der Waals surface area (Å²) in [6.45, 7) is 0.0877. The molecule has 1 saturated carbocycles. The number of benzene rings is 1. The Kier molecular flexibility index (Phi) is 3.04. The van der Waals surface area contributed by atoms with Crippen molar-refractivity contribution in [2.45, 2.75) is 24.8 Å². The summed E-state index contributed by atoms with van der Waals surface area (Å²) >= 11 is 5.90. The molecule has 0 unspecified atom stereocenters. The van der Waals surface area contributed by atoms with E-state index in [9.17, 15) is 5.11 Å². The number of halogens is 1. The first-order valence-electron chi connectivity index (χ1n) is 5.28. The number of nitrogens with zero attached hydrogens (tertiary/aromatic N) is 1. The second-order valence-electron chi connectivity index (χ2n) is 4.22. The van der Waals surface area contributed by atoms with Gasteiger partial charge in [-0.1, -0.05) is 11.6 Å². The van der Waals surface area contributed by atoms with Gasteiger partial charge in [0.2, 0.25) is 0 Å². The SMILES string of the molecule is N#Cc1ccc(Cl)cc1NC1(CO)CCC1. The molecule has 0 heterocycles. The van der Waals surface area contributed by atoms with E-state index >= 15 is 0 Å². The third-order valence-electron chi connectivity index (χ3n) is 3.12. The van der Waals surface area contributed by atoms with E-state index in [2.05, 4.69) is 11.4 Å². The molecule has 16 heavy (non-hydrogen) atoms. The Hall–Kier alpha value is -1.24. The quantitative estimate of drug-likeness (QED) is 0.848. The van der Waals surface area contributed by atoms with Crippen LogP contribution in [-0.4, -0.2) is 17.3 Å². The number of rotatable bonds is 3. The summed E-state index contributed by atoms with van der Waals surface area (Å²) in [7, 11) is 0. The molecule has 2 rings (SSSR count). The van der Waals surface area contributed by atoms with Crippen LogP contribution in [0.3, 0.4) is 0 Å². The van der Waals surface area contributed by atoms with Crippen molar-refractivity contribution in [1.82, 2.24) is 0 Å². The zero-order chi connectivity index (χ0) is 11.6. The lowest BCUT2D eigenvalue weighted by Crippen LogP contribution is -2.48. The summed E-state index contributed by atoms with van der Waals surface area (Å²) in [6, 6.07) is 7.23. The smallest absolute Gasteiger partial charge is 0.101 e. The monoisotopic (exact) mass is 236 g/mol. The van der Waals surface area contributed by atoms with Gasteiger partial charge < -0.3 is 10.4 Å². The highest BCUT2D eigenvalue weighted by molar-refractivity contribution is 6.30. The van der Waals surface area contributed by atoms with Gasteiger partial charge in [0.1, 0.15) is 6.07 Å². The molecule has 0 atom stereocenters. The van der Waals surface area contributed by atoms with Gasteiger partial charge in [-0.2, -0.15) is 5.26 Å². The van der Waals surface area contributed by atoms with Crippen LogP contribution in [0.15, 0.2) is 18.2 Å². The van der Waals surface area contributed by atoms with E-state index in [4.69, 9.17) is 16.9 Å². The van der Waals surface area contributed by atoms with Gasteiger partial charge in [0.05, 0.1) is 23.4 Å². The first kappa shape index (κ1) is 11.3.